The smallest absolute Gasteiger partial charge is 0.298 e. The predicted molar refractivity (Wildman–Crippen MR) is 122 cm³/mol. The Bertz CT molecular complexity index is 1030. The lowest BCUT2D eigenvalue weighted by molar-refractivity contribution is -0.113. The summed E-state index contributed by atoms with van der Waals surface area (Å²) in [5.74, 6) is 0.0614. The second-order valence-corrected chi connectivity index (χ2v) is 9.66. The molecule has 4 rings (SSSR count). The first kappa shape index (κ1) is 20.0. The number of hydrogen-bond donors (Lipinski definition) is 0. The van der Waals surface area contributed by atoms with Crippen molar-refractivity contribution in [2.75, 3.05) is 16.8 Å². The lowest BCUT2D eigenvalue weighted by Crippen LogP contribution is -2.45. The van der Waals surface area contributed by atoms with Crippen LogP contribution in [-0.4, -0.2) is 23.7 Å². The van der Waals surface area contributed by atoms with E-state index in [-0.39, 0.29) is 16.7 Å². The van der Waals surface area contributed by atoms with Gasteiger partial charge >= 0.3 is 0 Å². The third kappa shape index (κ3) is 3.47. The summed E-state index contributed by atoms with van der Waals surface area (Å²) < 4.78 is 0. The topological polar surface area (TPSA) is 40.6 Å². The predicted octanol–water partition coefficient (Wildman–Crippen LogP) is 6.30. The van der Waals surface area contributed by atoms with E-state index in [1.54, 1.807) is 18.2 Å². The highest BCUT2D eigenvalue weighted by Gasteiger charge is 2.37. The highest BCUT2D eigenvalue weighted by molar-refractivity contribution is 8.19. The first-order valence-electron chi connectivity index (χ1n) is 9.59. The van der Waals surface area contributed by atoms with Gasteiger partial charge in [-0.3, -0.25) is 9.59 Å². The lowest BCUT2D eigenvalue weighted by atomic mass is 9.80. The Labute approximate surface area is 180 Å². The number of fused-ring (bicyclic) bond motifs is 1. The van der Waals surface area contributed by atoms with Gasteiger partial charge in [-0.2, -0.15) is 0 Å². The first-order valence-corrected chi connectivity index (χ1v) is 10.8. The van der Waals surface area contributed by atoms with Crippen LogP contribution in [0.3, 0.4) is 0 Å². The van der Waals surface area contributed by atoms with Crippen molar-refractivity contribution >= 4 is 52.0 Å². The van der Waals surface area contributed by atoms with Crippen molar-refractivity contribution in [2.45, 2.75) is 38.6 Å². The fraction of sp³-hybridized carbons (Fsp3) is 0.304. The number of benzene rings is 2. The maximum Gasteiger partial charge on any atom is 0.298 e. The molecule has 4 nitrogen and oxygen atoms in total. The van der Waals surface area contributed by atoms with Crippen LogP contribution in [0.15, 0.2) is 47.4 Å². The van der Waals surface area contributed by atoms with E-state index in [1.807, 2.05) is 24.3 Å². The molecule has 1 atom stereocenters. The highest BCUT2D eigenvalue weighted by Crippen LogP contribution is 2.45. The Hall–Kier alpha value is -2.24. The summed E-state index contributed by atoms with van der Waals surface area (Å²) in [4.78, 5) is 29.2. The summed E-state index contributed by atoms with van der Waals surface area (Å²) in [6, 6.07) is 13.0. The average molecular weight is 427 g/mol. The molecule has 2 aliphatic heterocycles. The number of hydrogen-bond acceptors (Lipinski definition) is 4. The number of imide groups is 1. The van der Waals surface area contributed by atoms with Crippen LogP contribution >= 0.6 is 23.4 Å². The van der Waals surface area contributed by atoms with Crippen molar-refractivity contribution in [3.8, 4) is 0 Å². The van der Waals surface area contributed by atoms with Gasteiger partial charge in [-0.15, -0.1) is 0 Å². The lowest BCUT2D eigenvalue weighted by Gasteiger charge is -2.45. The summed E-state index contributed by atoms with van der Waals surface area (Å²) in [6.07, 6.45) is 2.77. The monoisotopic (exact) mass is 426 g/mol. The quantitative estimate of drug-likeness (QED) is 0.528. The van der Waals surface area contributed by atoms with E-state index in [4.69, 9.17) is 11.6 Å². The van der Waals surface area contributed by atoms with Gasteiger partial charge in [-0.25, -0.2) is 4.90 Å². The van der Waals surface area contributed by atoms with Crippen molar-refractivity contribution in [2.24, 2.45) is 0 Å². The zero-order valence-corrected chi connectivity index (χ0v) is 18.5. The number of carbonyl (C=O) groups is 2. The van der Waals surface area contributed by atoms with Crippen molar-refractivity contribution in [1.82, 2.24) is 0 Å². The van der Waals surface area contributed by atoms with Crippen molar-refractivity contribution in [3.05, 3.63) is 63.5 Å². The molecule has 2 aromatic carbocycles. The average Bonchev–Trinajstić information content (AvgIpc) is 2.95. The van der Waals surface area contributed by atoms with Crippen molar-refractivity contribution in [1.29, 1.82) is 0 Å². The number of rotatable bonds is 2. The number of anilines is 2. The van der Waals surface area contributed by atoms with Gasteiger partial charge in [0, 0.05) is 23.3 Å². The summed E-state index contributed by atoms with van der Waals surface area (Å²) >= 11 is 7.54. The summed E-state index contributed by atoms with van der Waals surface area (Å²) in [5.41, 5.74) is 3.73. The van der Waals surface area contributed by atoms with Gasteiger partial charge in [-0.1, -0.05) is 36.7 Å². The molecule has 150 valence electrons. The van der Waals surface area contributed by atoms with E-state index in [2.05, 4.69) is 38.8 Å². The minimum atomic E-state index is -0.314. The molecule has 0 radical (unpaired) electrons. The van der Waals surface area contributed by atoms with Gasteiger partial charge in [0.2, 0.25) is 0 Å². The third-order valence-corrected chi connectivity index (χ3v) is 7.04. The molecule has 1 unspecified atom stereocenters. The van der Waals surface area contributed by atoms with Crippen LogP contribution < -0.4 is 9.80 Å². The molecular formula is C23H23ClN2O2S. The molecule has 1 saturated heterocycles. The fourth-order valence-electron chi connectivity index (χ4n) is 4.12. The number of halogens is 1. The number of nitrogens with zero attached hydrogens (tertiary/aromatic N) is 2. The zero-order valence-electron chi connectivity index (χ0n) is 16.9. The van der Waals surface area contributed by atoms with Gasteiger partial charge in [0.1, 0.15) is 0 Å². The van der Waals surface area contributed by atoms with Gasteiger partial charge in [0.05, 0.1) is 10.6 Å². The Morgan fingerprint density at radius 2 is 1.86 bits per heavy atom. The normalized spacial score (nSPS) is 22.4. The first-order chi connectivity index (χ1) is 13.7. The summed E-state index contributed by atoms with van der Waals surface area (Å²) in [5, 5.41) is 0.281. The molecule has 6 heteroatoms. The minimum absolute atomic E-state index is 0.0512. The van der Waals surface area contributed by atoms with Crippen LogP contribution in [0.25, 0.3) is 6.08 Å². The molecule has 0 bridgehead atoms. The van der Waals surface area contributed by atoms with Crippen LogP contribution in [0, 0.1) is 0 Å². The van der Waals surface area contributed by atoms with Crippen molar-refractivity contribution < 1.29 is 9.59 Å². The largest absolute Gasteiger partial charge is 0.369 e. The number of thioether (sulfide) groups is 1. The Balaban J connectivity index is 1.72. The van der Waals surface area contributed by atoms with Gasteiger partial charge in [0.15, 0.2) is 0 Å². The molecule has 2 amide bonds. The Kier molecular flexibility index (Phi) is 4.99. The number of amides is 2. The maximum absolute atomic E-state index is 12.9. The SMILES string of the molecule is CC1CC(C)(C)N(C)c2cc(Cl)c(/C=C3\SC(=O)N(c4ccccc4)C3=O)cc21. The molecule has 2 aliphatic rings. The van der Waals surface area contributed by atoms with Crippen LogP contribution in [0.1, 0.15) is 44.2 Å². The fourth-order valence-corrected chi connectivity index (χ4v) is 5.17. The van der Waals surface area contributed by atoms with Crippen LogP contribution in [-0.2, 0) is 4.79 Å². The van der Waals surface area contributed by atoms with E-state index >= 15 is 0 Å². The third-order valence-electron chi connectivity index (χ3n) is 5.85. The van der Waals surface area contributed by atoms with Crippen LogP contribution in [0.5, 0.6) is 0 Å². The summed E-state index contributed by atoms with van der Waals surface area (Å²) in [6.45, 7) is 6.68. The highest BCUT2D eigenvalue weighted by atomic mass is 35.5. The molecule has 0 saturated carbocycles. The second kappa shape index (κ2) is 7.22. The second-order valence-electron chi connectivity index (χ2n) is 8.26. The molecule has 2 heterocycles. The maximum atomic E-state index is 12.9. The van der Waals surface area contributed by atoms with Gasteiger partial charge < -0.3 is 4.90 Å². The molecule has 29 heavy (non-hydrogen) atoms. The molecule has 0 spiro atoms. The van der Waals surface area contributed by atoms with Gasteiger partial charge in [0.25, 0.3) is 11.1 Å². The zero-order chi connectivity index (χ0) is 20.9. The van der Waals surface area contributed by atoms with E-state index in [9.17, 15) is 9.59 Å². The number of carbonyl (C=O) groups excluding carboxylic acids is 2. The van der Waals surface area contributed by atoms with Crippen LogP contribution in [0.4, 0.5) is 16.2 Å². The minimum Gasteiger partial charge on any atom is -0.369 e. The Morgan fingerprint density at radius 3 is 2.55 bits per heavy atom. The Morgan fingerprint density at radius 1 is 1.17 bits per heavy atom. The molecule has 0 aliphatic carbocycles. The van der Waals surface area contributed by atoms with E-state index in [0.29, 0.717) is 21.5 Å². The van der Waals surface area contributed by atoms with Crippen LogP contribution in [0.2, 0.25) is 5.02 Å². The van der Waals surface area contributed by atoms with Gasteiger partial charge in [-0.05, 0) is 79.4 Å². The number of para-hydroxylation sites is 1. The summed E-state index contributed by atoms with van der Waals surface area (Å²) in [7, 11) is 2.09. The van der Waals surface area contributed by atoms with Crippen molar-refractivity contribution in [3.63, 3.8) is 0 Å². The molecular weight excluding hydrogens is 404 g/mol. The molecule has 1 fully saturated rings. The van der Waals surface area contributed by atoms with E-state index in [0.717, 1.165) is 29.4 Å². The molecule has 0 aromatic heterocycles. The standard InChI is InChI=1S/C23H23ClN2O2S/c1-14-13-23(2,3)25(4)19-12-18(24)15(10-17(14)19)11-20-21(27)26(22(28)29-20)16-8-6-5-7-9-16/h5-12,14H,13H2,1-4H3/b20-11-. The van der Waals surface area contributed by atoms with E-state index < -0.39 is 0 Å². The molecule has 0 N–H and O–H groups in total. The van der Waals surface area contributed by atoms with E-state index in [1.165, 1.54) is 10.5 Å². The molecule has 2 aromatic rings.